The van der Waals surface area contributed by atoms with Crippen molar-refractivity contribution in [2.24, 2.45) is 0 Å². The highest BCUT2D eigenvalue weighted by molar-refractivity contribution is 5.83. The van der Waals surface area contributed by atoms with Gasteiger partial charge in [0.05, 0.1) is 25.4 Å². The zero-order chi connectivity index (χ0) is 24.9. The van der Waals surface area contributed by atoms with Crippen LogP contribution in [0.25, 0.3) is 0 Å². The molecule has 0 bridgehead atoms. The Morgan fingerprint density at radius 2 is 2.03 bits per heavy atom. The number of carbonyl (C=O) groups excluding carboxylic acids is 1. The largest absolute Gasteiger partial charge is 0.496 e. The lowest BCUT2D eigenvalue weighted by molar-refractivity contribution is -0.122. The first-order chi connectivity index (χ1) is 17.6. The van der Waals surface area contributed by atoms with Gasteiger partial charge in [-0.2, -0.15) is 0 Å². The van der Waals surface area contributed by atoms with Gasteiger partial charge in [-0.15, -0.1) is 0 Å². The number of para-hydroxylation sites is 1. The monoisotopic (exact) mass is 493 g/mol. The van der Waals surface area contributed by atoms with E-state index in [0.29, 0.717) is 6.10 Å². The van der Waals surface area contributed by atoms with E-state index in [4.69, 9.17) is 19.2 Å². The standard InChI is InChI=1S/C29H39N3O4/c1-20(33)28(24-9-3-4-11-26(24)36-22-12-13-22)32-16-14-23(19-32)35-17-6-5-8-21-18-27(34-2)25-10-7-15-30-29(25)31-21/h3-4,9,11,18,22-23,28H,5-8,10,12-17,19H2,1-2H3,(H,30,31)/t23-,28-/m1/s1. The van der Waals surface area contributed by atoms with E-state index in [1.165, 1.54) is 5.56 Å². The third-order valence-electron chi connectivity index (χ3n) is 7.39. The summed E-state index contributed by atoms with van der Waals surface area (Å²) < 4.78 is 18.0. The Kier molecular flexibility index (Phi) is 8.07. The number of hydrogen-bond acceptors (Lipinski definition) is 7. The van der Waals surface area contributed by atoms with Crippen LogP contribution in [-0.2, 0) is 22.4 Å². The molecule has 36 heavy (non-hydrogen) atoms. The first-order valence-corrected chi connectivity index (χ1v) is 13.5. The number of rotatable bonds is 12. The number of methoxy groups -OCH3 is 1. The number of anilines is 1. The maximum atomic E-state index is 12.7. The number of ether oxygens (including phenoxy) is 3. The predicted octanol–water partition coefficient (Wildman–Crippen LogP) is 4.73. The molecule has 7 heteroatoms. The maximum absolute atomic E-state index is 12.7. The summed E-state index contributed by atoms with van der Waals surface area (Å²) in [6, 6.07) is 9.84. The number of aryl methyl sites for hydroxylation is 1. The lowest BCUT2D eigenvalue weighted by atomic mass is 10.0. The number of pyridine rings is 1. The van der Waals surface area contributed by atoms with Crippen molar-refractivity contribution in [1.29, 1.82) is 0 Å². The van der Waals surface area contributed by atoms with Gasteiger partial charge in [-0.3, -0.25) is 9.69 Å². The third-order valence-corrected chi connectivity index (χ3v) is 7.39. The van der Waals surface area contributed by atoms with Crippen LogP contribution >= 0.6 is 0 Å². The van der Waals surface area contributed by atoms with Gasteiger partial charge in [-0.25, -0.2) is 4.98 Å². The van der Waals surface area contributed by atoms with Gasteiger partial charge >= 0.3 is 0 Å². The van der Waals surface area contributed by atoms with Crippen molar-refractivity contribution >= 4 is 11.6 Å². The molecule has 3 aliphatic rings. The van der Waals surface area contributed by atoms with Crippen molar-refractivity contribution in [1.82, 2.24) is 9.88 Å². The van der Waals surface area contributed by atoms with Gasteiger partial charge in [0.15, 0.2) is 5.78 Å². The van der Waals surface area contributed by atoms with Gasteiger partial charge in [-0.05, 0) is 64.4 Å². The summed E-state index contributed by atoms with van der Waals surface area (Å²) >= 11 is 0. The number of aromatic nitrogens is 1. The Morgan fingerprint density at radius 3 is 2.83 bits per heavy atom. The van der Waals surface area contributed by atoms with E-state index in [1.54, 1.807) is 14.0 Å². The SMILES string of the molecule is COc1cc(CCCCO[C@@H]2CCN([C@H](C(C)=O)c3ccccc3OC3CC3)C2)nc2c1CCCN2. The summed E-state index contributed by atoms with van der Waals surface area (Å²) in [5.41, 5.74) is 3.26. The van der Waals surface area contributed by atoms with E-state index in [0.717, 1.165) is 106 Å². The van der Waals surface area contributed by atoms with Crippen molar-refractivity contribution in [3.8, 4) is 11.5 Å². The summed E-state index contributed by atoms with van der Waals surface area (Å²) in [7, 11) is 1.74. The lowest BCUT2D eigenvalue weighted by Gasteiger charge is -2.27. The molecule has 0 unspecified atom stereocenters. The van der Waals surface area contributed by atoms with Gasteiger partial charge in [0.2, 0.25) is 0 Å². The normalized spacial score (nSPS) is 20.4. The highest BCUT2D eigenvalue weighted by atomic mass is 16.5. The zero-order valence-corrected chi connectivity index (χ0v) is 21.6. The quantitative estimate of drug-likeness (QED) is 0.429. The fraction of sp³-hybridized carbons (Fsp3) is 0.586. The Balaban J connectivity index is 1.10. The molecule has 0 radical (unpaired) electrons. The Labute approximate surface area is 214 Å². The molecular weight excluding hydrogens is 454 g/mol. The van der Waals surface area contributed by atoms with Gasteiger partial charge in [-0.1, -0.05) is 18.2 Å². The molecule has 1 aromatic carbocycles. The van der Waals surface area contributed by atoms with Crippen LogP contribution in [0, 0.1) is 0 Å². The van der Waals surface area contributed by atoms with Crippen LogP contribution in [0.15, 0.2) is 30.3 Å². The molecule has 7 nitrogen and oxygen atoms in total. The summed E-state index contributed by atoms with van der Waals surface area (Å²) in [5, 5.41) is 3.41. The first kappa shape index (κ1) is 25.0. The molecule has 194 valence electrons. The number of hydrogen-bond donors (Lipinski definition) is 1. The van der Waals surface area contributed by atoms with Crippen molar-refractivity contribution in [3.05, 3.63) is 47.2 Å². The minimum atomic E-state index is -0.271. The molecule has 2 aliphatic heterocycles. The van der Waals surface area contributed by atoms with Crippen molar-refractivity contribution in [3.63, 3.8) is 0 Å². The zero-order valence-electron chi connectivity index (χ0n) is 21.6. The van der Waals surface area contributed by atoms with Crippen molar-refractivity contribution in [2.45, 2.75) is 76.5 Å². The highest BCUT2D eigenvalue weighted by Gasteiger charge is 2.35. The molecule has 3 heterocycles. The summed E-state index contributed by atoms with van der Waals surface area (Å²) in [6.45, 7) is 5.02. The number of ketones is 1. The number of carbonyl (C=O) groups is 1. The summed E-state index contributed by atoms with van der Waals surface area (Å²) in [6.07, 6.45) is 8.68. The second kappa shape index (κ2) is 11.6. The average Bonchev–Trinajstić information content (AvgIpc) is 3.59. The Hall–Kier alpha value is -2.64. The molecule has 0 amide bonds. The highest BCUT2D eigenvalue weighted by Crippen LogP contribution is 2.36. The fourth-order valence-electron chi connectivity index (χ4n) is 5.40. The van der Waals surface area contributed by atoms with E-state index < -0.39 is 0 Å². The Bertz CT molecular complexity index is 1040. The minimum Gasteiger partial charge on any atom is -0.496 e. The topological polar surface area (TPSA) is 72.9 Å². The van der Waals surface area contributed by atoms with E-state index in [9.17, 15) is 4.79 Å². The second-order valence-electron chi connectivity index (χ2n) is 10.3. The molecule has 2 fully saturated rings. The molecule has 5 rings (SSSR count). The lowest BCUT2D eigenvalue weighted by Crippen LogP contribution is -2.33. The van der Waals surface area contributed by atoms with Crippen molar-refractivity contribution < 1.29 is 19.0 Å². The molecule has 1 aliphatic carbocycles. The van der Waals surface area contributed by atoms with Crippen LogP contribution in [0.3, 0.4) is 0 Å². The number of Topliss-reactive ketones (excluding diaryl/α,β-unsaturated/α-hetero) is 1. The van der Waals surface area contributed by atoms with Gasteiger partial charge in [0, 0.05) is 49.1 Å². The Morgan fingerprint density at radius 1 is 1.17 bits per heavy atom. The number of unbranched alkanes of at least 4 members (excludes halogenated alkanes) is 1. The van der Waals surface area contributed by atoms with Crippen molar-refractivity contribution in [2.75, 3.05) is 38.7 Å². The number of benzene rings is 1. The smallest absolute Gasteiger partial charge is 0.151 e. The summed E-state index contributed by atoms with van der Waals surface area (Å²) in [5.74, 6) is 2.95. The van der Waals surface area contributed by atoms with Gasteiger partial charge in [0.25, 0.3) is 0 Å². The van der Waals surface area contributed by atoms with Crippen LogP contribution < -0.4 is 14.8 Å². The molecular formula is C29H39N3O4. The van der Waals surface area contributed by atoms with Crippen LogP contribution in [-0.4, -0.2) is 61.2 Å². The molecule has 1 saturated heterocycles. The van der Waals surface area contributed by atoms with Gasteiger partial charge in [0.1, 0.15) is 17.3 Å². The van der Waals surface area contributed by atoms with Crippen LogP contribution in [0.4, 0.5) is 5.82 Å². The molecule has 1 N–H and O–H groups in total. The maximum Gasteiger partial charge on any atom is 0.151 e. The van der Waals surface area contributed by atoms with Gasteiger partial charge < -0.3 is 19.5 Å². The molecule has 1 saturated carbocycles. The molecule has 2 aromatic rings. The molecule has 1 aromatic heterocycles. The van der Waals surface area contributed by atoms with Crippen LogP contribution in [0.1, 0.15) is 68.3 Å². The number of nitrogens with zero attached hydrogens (tertiary/aromatic N) is 2. The predicted molar refractivity (Wildman–Crippen MR) is 140 cm³/mol. The average molecular weight is 494 g/mol. The van der Waals surface area contributed by atoms with Crippen LogP contribution in [0.5, 0.6) is 11.5 Å². The van der Waals surface area contributed by atoms with E-state index in [1.807, 2.05) is 24.3 Å². The number of nitrogens with one attached hydrogen (secondary N) is 1. The third kappa shape index (κ3) is 6.01. The minimum absolute atomic E-state index is 0.157. The fourth-order valence-corrected chi connectivity index (χ4v) is 5.40. The summed E-state index contributed by atoms with van der Waals surface area (Å²) in [4.78, 5) is 19.8. The second-order valence-corrected chi connectivity index (χ2v) is 10.3. The van der Waals surface area contributed by atoms with E-state index >= 15 is 0 Å². The van der Waals surface area contributed by atoms with E-state index in [-0.39, 0.29) is 17.9 Å². The number of fused-ring (bicyclic) bond motifs is 1. The first-order valence-electron chi connectivity index (χ1n) is 13.5. The molecule has 2 atom stereocenters. The number of likely N-dealkylation sites (tertiary alicyclic amines) is 1. The van der Waals surface area contributed by atoms with Crippen LogP contribution in [0.2, 0.25) is 0 Å². The molecule has 0 spiro atoms. The van der Waals surface area contributed by atoms with E-state index in [2.05, 4.69) is 16.3 Å².